The number of piperidine rings is 1. The summed E-state index contributed by atoms with van der Waals surface area (Å²) in [7, 11) is 3.20. The van der Waals surface area contributed by atoms with Crippen LogP contribution >= 0.6 is 11.6 Å². The average Bonchev–Trinajstić information content (AvgIpc) is 3.04. The summed E-state index contributed by atoms with van der Waals surface area (Å²) >= 11 is 6.41. The minimum absolute atomic E-state index is 0.249. The van der Waals surface area contributed by atoms with E-state index in [1.807, 2.05) is 28.8 Å². The maximum absolute atomic E-state index is 13.0. The minimum atomic E-state index is -0.601. The van der Waals surface area contributed by atoms with Crippen LogP contribution in [0.25, 0.3) is 0 Å². The molecular weight excluding hydrogens is 390 g/mol. The molecule has 29 heavy (non-hydrogen) atoms. The van der Waals surface area contributed by atoms with Gasteiger partial charge in [-0.3, -0.25) is 19.5 Å². The second-order valence-electron chi connectivity index (χ2n) is 8.23. The molecule has 0 bridgehead atoms. The maximum Gasteiger partial charge on any atom is 0.333 e. The number of carbonyl (C=O) groups is 2. The van der Waals surface area contributed by atoms with Gasteiger partial charge in [0.05, 0.1) is 0 Å². The van der Waals surface area contributed by atoms with Crippen molar-refractivity contribution in [1.82, 2.24) is 14.7 Å². The summed E-state index contributed by atoms with van der Waals surface area (Å²) in [5, 5.41) is 0.660. The largest absolute Gasteiger partial charge is 0.333 e. The van der Waals surface area contributed by atoms with Crippen molar-refractivity contribution >= 4 is 35.2 Å². The number of amides is 3. The van der Waals surface area contributed by atoms with Gasteiger partial charge in [-0.1, -0.05) is 36.7 Å². The number of rotatable bonds is 4. The molecule has 3 heterocycles. The molecule has 0 spiro atoms. The van der Waals surface area contributed by atoms with Gasteiger partial charge in [0, 0.05) is 31.2 Å². The Balaban J connectivity index is 1.71. The van der Waals surface area contributed by atoms with Crippen LogP contribution < -0.4 is 0 Å². The van der Waals surface area contributed by atoms with Crippen LogP contribution in [0.2, 0.25) is 5.02 Å². The van der Waals surface area contributed by atoms with Gasteiger partial charge in [-0.15, -0.1) is 0 Å². The highest BCUT2D eigenvalue weighted by molar-refractivity contribution is 6.31. The molecule has 0 N–H and O–H groups in total. The first-order valence-electron chi connectivity index (χ1n) is 10.1. The smallest absolute Gasteiger partial charge is 0.292 e. The molecule has 2 unspecified atom stereocenters. The monoisotopic (exact) mass is 416 g/mol. The Morgan fingerprint density at radius 2 is 1.97 bits per heavy atom. The third-order valence-electron chi connectivity index (χ3n) is 6.02. The number of aliphatic imine (C=N–C) groups is 1. The van der Waals surface area contributed by atoms with Crippen LogP contribution in [0.3, 0.4) is 0 Å². The van der Waals surface area contributed by atoms with Crippen LogP contribution in [-0.2, 0) is 11.3 Å². The third-order valence-corrected chi connectivity index (χ3v) is 6.39. The van der Waals surface area contributed by atoms with E-state index >= 15 is 0 Å². The van der Waals surface area contributed by atoms with Gasteiger partial charge in [-0.05, 0) is 36.4 Å². The van der Waals surface area contributed by atoms with E-state index < -0.39 is 6.04 Å². The van der Waals surface area contributed by atoms with Crippen molar-refractivity contribution in [3.05, 3.63) is 34.9 Å². The number of likely N-dealkylation sites (tertiary alicyclic amines) is 1. The highest BCUT2D eigenvalue weighted by atomic mass is 35.5. The molecule has 1 aromatic rings. The molecule has 0 aromatic heterocycles. The Labute approximate surface area is 176 Å². The third kappa shape index (κ3) is 3.69. The Hall–Kier alpha value is -2.25. The van der Waals surface area contributed by atoms with E-state index in [1.165, 1.54) is 29.7 Å². The van der Waals surface area contributed by atoms with Gasteiger partial charge < -0.3 is 0 Å². The molecule has 0 radical (unpaired) electrons. The fourth-order valence-electron chi connectivity index (χ4n) is 4.40. The highest BCUT2D eigenvalue weighted by Crippen LogP contribution is 2.24. The number of fused-ring (bicyclic) bond motifs is 1. The number of hydrogen-bond donors (Lipinski definition) is 0. The average molecular weight is 417 g/mol. The second-order valence-corrected chi connectivity index (χ2v) is 8.64. The van der Waals surface area contributed by atoms with E-state index in [0.717, 1.165) is 24.5 Å². The van der Waals surface area contributed by atoms with E-state index in [-0.39, 0.29) is 11.9 Å². The number of likely N-dealkylation sites (N-methyl/N-ethyl adjacent to an activating group) is 2. The summed E-state index contributed by atoms with van der Waals surface area (Å²) in [5.74, 6) is 1.73. The van der Waals surface area contributed by atoms with Gasteiger partial charge in [-0.25, -0.2) is 9.37 Å². The molecule has 1 aromatic carbocycles. The normalized spacial score (nSPS) is 25.6. The van der Waals surface area contributed by atoms with Gasteiger partial charge in [0.1, 0.15) is 13.1 Å². The van der Waals surface area contributed by atoms with Crippen LogP contribution in [-0.4, -0.2) is 82.7 Å². The van der Waals surface area contributed by atoms with Crippen LogP contribution in [0.15, 0.2) is 29.3 Å². The summed E-state index contributed by atoms with van der Waals surface area (Å²) in [6.07, 6.45) is 2.41. The molecule has 8 heteroatoms. The van der Waals surface area contributed by atoms with Gasteiger partial charge in [0.25, 0.3) is 17.8 Å². The lowest BCUT2D eigenvalue weighted by atomic mass is 10.0. The van der Waals surface area contributed by atoms with Crippen molar-refractivity contribution in [3.8, 4) is 0 Å². The molecule has 3 amide bonds. The SMILES string of the molecule is CC1CCCN(CC2=[N+](Cc3ccccc3Cl)C3C(=O)N(C)C(=O)N(C)C3=N2)C1. The van der Waals surface area contributed by atoms with E-state index in [0.29, 0.717) is 29.9 Å². The van der Waals surface area contributed by atoms with Gasteiger partial charge >= 0.3 is 11.9 Å². The number of imide groups is 1. The molecule has 2 saturated heterocycles. The zero-order valence-corrected chi connectivity index (χ0v) is 17.9. The number of benzene rings is 1. The Bertz CT molecular complexity index is 912. The quantitative estimate of drug-likeness (QED) is 0.707. The Morgan fingerprint density at radius 1 is 1.21 bits per heavy atom. The Kier molecular flexibility index (Phi) is 5.44. The summed E-state index contributed by atoms with van der Waals surface area (Å²) in [4.78, 5) is 35.3. The number of halogens is 1. The molecule has 3 aliphatic heterocycles. The molecule has 2 fully saturated rings. The first kappa shape index (κ1) is 20.0. The van der Waals surface area contributed by atoms with E-state index in [2.05, 4.69) is 11.8 Å². The lowest BCUT2D eigenvalue weighted by Gasteiger charge is -2.31. The van der Waals surface area contributed by atoms with Crippen LogP contribution in [0.4, 0.5) is 4.79 Å². The summed E-state index contributed by atoms with van der Waals surface area (Å²) in [5.41, 5.74) is 0.935. The van der Waals surface area contributed by atoms with Gasteiger partial charge in [-0.2, -0.15) is 0 Å². The number of amidine groups is 2. The molecule has 154 valence electrons. The lowest BCUT2D eigenvalue weighted by Crippen LogP contribution is -2.61. The van der Waals surface area contributed by atoms with Crippen molar-refractivity contribution in [2.24, 2.45) is 10.9 Å². The molecule has 0 aliphatic carbocycles. The predicted molar refractivity (Wildman–Crippen MR) is 112 cm³/mol. The van der Waals surface area contributed by atoms with E-state index in [1.54, 1.807) is 7.05 Å². The Morgan fingerprint density at radius 3 is 2.69 bits per heavy atom. The van der Waals surface area contributed by atoms with Crippen molar-refractivity contribution in [3.63, 3.8) is 0 Å². The molecule has 0 saturated carbocycles. The number of carbonyl (C=O) groups excluding carboxylic acids is 2. The summed E-state index contributed by atoms with van der Waals surface area (Å²) in [6, 6.07) is 6.70. The minimum Gasteiger partial charge on any atom is -0.292 e. The second kappa shape index (κ2) is 7.88. The summed E-state index contributed by atoms with van der Waals surface area (Å²) in [6.45, 7) is 5.43. The highest BCUT2D eigenvalue weighted by Gasteiger charge is 2.53. The zero-order valence-electron chi connectivity index (χ0n) is 17.1. The number of urea groups is 1. The standard InChI is InChI=1S/C21H27ClN5O2/c1-14-7-6-10-26(11-14)13-17-23-19-18(20(28)25(3)21(29)24(19)2)27(17)12-15-8-4-5-9-16(15)22/h4-5,8-9,14,18H,6-7,10-13H2,1-3H3/q+1. The first-order valence-corrected chi connectivity index (χ1v) is 10.5. The topological polar surface area (TPSA) is 59.2 Å². The van der Waals surface area contributed by atoms with Gasteiger partial charge in [0.2, 0.25) is 0 Å². The summed E-state index contributed by atoms with van der Waals surface area (Å²) < 4.78 is 2.01. The zero-order chi connectivity index (χ0) is 20.7. The van der Waals surface area contributed by atoms with Crippen molar-refractivity contribution in [1.29, 1.82) is 0 Å². The number of nitrogens with zero attached hydrogens (tertiary/aromatic N) is 5. The number of hydrogen-bond acceptors (Lipinski definition) is 4. The van der Waals surface area contributed by atoms with E-state index in [9.17, 15) is 9.59 Å². The molecule has 7 nitrogen and oxygen atoms in total. The molecule has 3 aliphatic rings. The van der Waals surface area contributed by atoms with E-state index in [4.69, 9.17) is 16.6 Å². The van der Waals surface area contributed by atoms with Crippen molar-refractivity contribution in [2.45, 2.75) is 32.4 Å². The van der Waals surface area contributed by atoms with Crippen molar-refractivity contribution < 1.29 is 14.2 Å². The fourth-order valence-corrected chi connectivity index (χ4v) is 4.59. The van der Waals surface area contributed by atoms with Crippen LogP contribution in [0.5, 0.6) is 0 Å². The van der Waals surface area contributed by atoms with Crippen molar-refractivity contribution in [2.75, 3.05) is 33.7 Å². The molecular formula is C21H27ClN5O2+. The lowest BCUT2D eigenvalue weighted by molar-refractivity contribution is -0.552. The first-order chi connectivity index (χ1) is 13.9. The van der Waals surface area contributed by atoms with Gasteiger partial charge in [0.15, 0.2) is 0 Å². The van der Waals surface area contributed by atoms with Crippen LogP contribution in [0.1, 0.15) is 25.3 Å². The predicted octanol–water partition coefficient (Wildman–Crippen LogP) is 2.29. The van der Waals surface area contributed by atoms with Crippen LogP contribution in [0, 0.1) is 5.92 Å². The molecule has 4 rings (SSSR count). The maximum atomic E-state index is 13.0. The fraction of sp³-hybridized carbons (Fsp3) is 0.524. The molecule has 2 atom stereocenters.